The van der Waals surface area contributed by atoms with E-state index in [9.17, 15) is 4.79 Å². The number of carboxylic acid groups (broad SMARTS) is 1. The van der Waals surface area contributed by atoms with Gasteiger partial charge in [-0.05, 0) is 19.3 Å². The van der Waals surface area contributed by atoms with Gasteiger partial charge in [0.2, 0.25) is 0 Å². The van der Waals surface area contributed by atoms with Gasteiger partial charge < -0.3 is 15.6 Å². The maximum absolute atomic E-state index is 11.1. The van der Waals surface area contributed by atoms with Crippen LogP contribution in [0.15, 0.2) is 0 Å². The van der Waals surface area contributed by atoms with E-state index in [2.05, 4.69) is 0 Å². The minimum absolute atomic E-state index is 0.179. The molecule has 0 bridgehead atoms. The van der Waals surface area contributed by atoms with E-state index in [0.717, 1.165) is 19.3 Å². The van der Waals surface area contributed by atoms with Crippen LogP contribution in [0, 0.1) is 0 Å². The smallest absolute Gasteiger partial charge is 0.322 e. The van der Waals surface area contributed by atoms with Gasteiger partial charge in [0.05, 0.1) is 12.7 Å². The number of fused-ring (bicyclic) bond motifs is 1. The zero-order chi connectivity index (χ0) is 10.8. The SMILES string of the molecule is NCC(C(=O)O)N1CCOC2CCCC21. The van der Waals surface area contributed by atoms with Gasteiger partial charge in [0, 0.05) is 19.1 Å². The van der Waals surface area contributed by atoms with Crippen LogP contribution in [-0.2, 0) is 9.53 Å². The van der Waals surface area contributed by atoms with Crippen LogP contribution in [0.4, 0.5) is 0 Å². The molecular weight excluding hydrogens is 196 g/mol. The number of carboxylic acids is 1. The van der Waals surface area contributed by atoms with Crippen molar-refractivity contribution in [3.05, 3.63) is 0 Å². The van der Waals surface area contributed by atoms with Crippen LogP contribution < -0.4 is 5.73 Å². The number of morpholine rings is 1. The van der Waals surface area contributed by atoms with Gasteiger partial charge in [-0.1, -0.05) is 0 Å². The molecule has 5 heteroatoms. The van der Waals surface area contributed by atoms with E-state index < -0.39 is 12.0 Å². The van der Waals surface area contributed by atoms with E-state index in [1.807, 2.05) is 4.90 Å². The number of nitrogens with two attached hydrogens (primary N) is 1. The molecule has 15 heavy (non-hydrogen) atoms. The summed E-state index contributed by atoms with van der Waals surface area (Å²) in [5, 5.41) is 9.08. The zero-order valence-corrected chi connectivity index (χ0v) is 8.76. The van der Waals surface area contributed by atoms with E-state index in [0.29, 0.717) is 13.2 Å². The Kier molecular flexibility index (Phi) is 3.23. The van der Waals surface area contributed by atoms with Gasteiger partial charge in [-0.3, -0.25) is 9.69 Å². The number of ether oxygens (including phenoxy) is 1. The maximum atomic E-state index is 11.1. The fourth-order valence-corrected chi connectivity index (χ4v) is 2.72. The largest absolute Gasteiger partial charge is 0.480 e. The Hall–Kier alpha value is -0.650. The predicted octanol–water partition coefficient (Wildman–Crippen LogP) is -0.348. The Morgan fingerprint density at radius 1 is 1.60 bits per heavy atom. The number of nitrogens with zero attached hydrogens (tertiary/aromatic N) is 1. The van der Waals surface area contributed by atoms with Crippen LogP contribution in [0.2, 0.25) is 0 Å². The standard InChI is InChI=1S/C10H18N2O3/c11-6-8(10(13)14)12-4-5-15-9-3-1-2-7(9)12/h7-9H,1-6,11H2,(H,13,14). The summed E-state index contributed by atoms with van der Waals surface area (Å²) in [4.78, 5) is 13.1. The first kappa shape index (κ1) is 10.9. The van der Waals surface area contributed by atoms with Gasteiger partial charge in [0.1, 0.15) is 6.04 Å². The van der Waals surface area contributed by atoms with Crippen LogP contribution in [0.5, 0.6) is 0 Å². The molecule has 0 aromatic rings. The number of carbonyl (C=O) groups is 1. The van der Waals surface area contributed by atoms with E-state index in [-0.39, 0.29) is 18.7 Å². The Bertz CT molecular complexity index is 247. The summed E-state index contributed by atoms with van der Waals surface area (Å²) in [6.45, 7) is 1.50. The lowest BCUT2D eigenvalue weighted by Crippen LogP contribution is -2.57. The lowest BCUT2D eigenvalue weighted by Gasteiger charge is -2.40. The molecule has 1 heterocycles. The molecule has 5 nitrogen and oxygen atoms in total. The fraction of sp³-hybridized carbons (Fsp3) is 0.900. The second-order valence-corrected chi connectivity index (χ2v) is 4.24. The third kappa shape index (κ3) is 2.00. The predicted molar refractivity (Wildman–Crippen MR) is 54.6 cm³/mol. The van der Waals surface area contributed by atoms with Crippen molar-refractivity contribution in [2.45, 2.75) is 37.5 Å². The van der Waals surface area contributed by atoms with E-state index in [4.69, 9.17) is 15.6 Å². The number of aliphatic carboxylic acids is 1. The van der Waals surface area contributed by atoms with Crippen molar-refractivity contribution in [2.75, 3.05) is 19.7 Å². The van der Waals surface area contributed by atoms with Gasteiger partial charge in [-0.2, -0.15) is 0 Å². The van der Waals surface area contributed by atoms with Crippen molar-refractivity contribution in [3.8, 4) is 0 Å². The first-order chi connectivity index (χ1) is 7.24. The lowest BCUT2D eigenvalue weighted by atomic mass is 10.1. The highest BCUT2D eigenvalue weighted by atomic mass is 16.5. The van der Waals surface area contributed by atoms with E-state index in [1.54, 1.807) is 0 Å². The topological polar surface area (TPSA) is 75.8 Å². The van der Waals surface area contributed by atoms with E-state index >= 15 is 0 Å². The normalized spacial score (nSPS) is 33.7. The van der Waals surface area contributed by atoms with E-state index in [1.165, 1.54) is 0 Å². The Balaban J connectivity index is 2.09. The maximum Gasteiger partial charge on any atom is 0.322 e. The highest BCUT2D eigenvalue weighted by Crippen LogP contribution is 2.30. The molecule has 1 saturated heterocycles. The molecule has 1 aliphatic carbocycles. The molecular formula is C10H18N2O3. The van der Waals surface area contributed by atoms with Crippen molar-refractivity contribution in [3.63, 3.8) is 0 Å². The molecule has 3 N–H and O–H groups in total. The average Bonchev–Trinajstić information content (AvgIpc) is 2.66. The molecule has 2 fully saturated rings. The number of hydrogen-bond acceptors (Lipinski definition) is 4. The molecule has 86 valence electrons. The molecule has 3 atom stereocenters. The summed E-state index contributed by atoms with van der Waals surface area (Å²) in [6, 6.07) is -0.275. The molecule has 1 saturated carbocycles. The monoisotopic (exact) mass is 214 g/mol. The summed E-state index contributed by atoms with van der Waals surface area (Å²) < 4.78 is 5.63. The molecule has 0 aromatic heterocycles. The summed E-state index contributed by atoms with van der Waals surface area (Å²) in [5.74, 6) is -0.815. The van der Waals surface area contributed by atoms with Crippen LogP contribution in [0.1, 0.15) is 19.3 Å². The summed E-state index contributed by atoms with van der Waals surface area (Å²) in [5.41, 5.74) is 5.52. The summed E-state index contributed by atoms with van der Waals surface area (Å²) >= 11 is 0. The van der Waals surface area contributed by atoms with Crippen molar-refractivity contribution in [2.24, 2.45) is 5.73 Å². The third-order valence-electron chi connectivity index (χ3n) is 3.43. The zero-order valence-electron chi connectivity index (χ0n) is 8.76. The lowest BCUT2D eigenvalue weighted by molar-refractivity contribution is -0.149. The highest BCUT2D eigenvalue weighted by molar-refractivity contribution is 5.73. The summed E-state index contributed by atoms with van der Waals surface area (Å²) in [6.07, 6.45) is 3.45. The van der Waals surface area contributed by atoms with Crippen molar-refractivity contribution < 1.29 is 14.6 Å². The average molecular weight is 214 g/mol. The molecule has 2 aliphatic rings. The molecule has 0 amide bonds. The van der Waals surface area contributed by atoms with Gasteiger partial charge in [-0.25, -0.2) is 0 Å². The highest BCUT2D eigenvalue weighted by Gasteiger charge is 2.40. The van der Waals surface area contributed by atoms with Crippen LogP contribution in [-0.4, -0.2) is 53.9 Å². The van der Waals surface area contributed by atoms with Gasteiger partial charge in [0.25, 0.3) is 0 Å². The first-order valence-electron chi connectivity index (χ1n) is 5.54. The van der Waals surface area contributed by atoms with Crippen molar-refractivity contribution >= 4 is 5.97 Å². The van der Waals surface area contributed by atoms with Crippen LogP contribution >= 0.6 is 0 Å². The Labute approximate surface area is 89.2 Å². The molecule has 0 radical (unpaired) electrons. The summed E-state index contributed by atoms with van der Waals surface area (Å²) in [7, 11) is 0. The fourth-order valence-electron chi connectivity index (χ4n) is 2.72. The molecule has 0 aromatic carbocycles. The quantitative estimate of drug-likeness (QED) is 0.671. The minimum atomic E-state index is -0.815. The molecule has 0 spiro atoms. The van der Waals surface area contributed by atoms with Gasteiger partial charge in [-0.15, -0.1) is 0 Å². The minimum Gasteiger partial charge on any atom is -0.480 e. The first-order valence-corrected chi connectivity index (χ1v) is 5.54. The van der Waals surface area contributed by atoms with Crippen LogP contribution in [0.25, 0.3) is 0 Å². The van der Waals surface area contributed by atoms with Crippen LogP contribution in [0.3, 0.4) is 0 Å². The Morgan fingerprint density at radius 3 is 3.07 bits per heavy atom. The number of hydrogen-bond donors (Lipinski definition) is 2. The Morgan fingerprint density at radius 2 is 2.40 bits per heavy atom. The second kappa shape index (κ2) is 4.47. The second-order valence-electron chi connectivity index (χ2n) is 4.24. The van der Waals surface area contributed by atoms with Gasteiger partial charge in [0.15, 0.2) is 0 Å². The molecule has 2 rings (SSSR count). The third-order valence-corrected chi connectivity index (χ3v) is 3.43. The molecule has 1 aliphatic heterocycles. The number of rotatable bonds is 3. The molecule has 3 unspecified atom stereocenters. The van der Waals surface area contributed by atoms with Crippen molar-refractivity contribution in [1.82, 2.24) is 4.90 Å². The van der Waals surface area contributed by atoms with Gasteiger partial charge >= 0.3 is 5.97 Å². The van der Waals surface area contributed by atoms with Crippen molar-refractivity contribution in [1.29, 1.82) is 0 Å².